The Kier molecular flexibility index (Phi) is 6.37. The number of likely N-dealkylation sites (N-methyl/N-ethyl adjacent to an activating group) is 1. The third-order valence-electron chi connectivity index (χ3n) is 4.94. The van der Waals surface area contributed by atoms with E-state index in [-0.39, 0.29) is 11.3 Å². The smallest absolute Gasteiger partial charge is 0.267 e. The first-order valence-corrected chi connectivity index (χ1v) is 9.47. The van der Waals surface area contributed by atoms with Crippen molar-refractivity contribution in [2.45, 2.75) is 6.92 Å². The van der Waals surface area contributed by atoms with Crippen molar-refractivity contribution in [1.29, 1.82) is 5.26 Å². The van der Waals surface area contributed by atoms with Crippen molar-refractivity contribution < 1.29 is 9.90 Å². The normalized spacial score (nSPS) is 14.9. The lowest BCUT2D eigenvalue weighted by Crippen LogP contribution is -2.44. The Hall–Kier alpha value is -3.50. The van der Waals surface area contributed by atoms with E-state index in [0.29, 0.717) is 11.3 Å². The topological polar surface area (TPSA) is 91.6 Å². The quantitative estimate of drug-likeness (QED) is 0.412. The molecule has 1 saturated heterocycles. The number of nitrogens with zero attached hydrogens (tertiary/aromatic N) is 3. The molecule has 7 nitrogen and oxygen atoms in total. The number of benzene rings is 2. The second kappa shape index (κ2) is 9.13. The Morgan fingerprint density at radius 2 is 1.83 bits per heavy atom. The molecule has 1 amide bonds. The maximum atomic E-state index is 12.4. The third kappa shape index (κ3) is 5.27. The molecule has 1 heterocycles. The highest BCUT2D eigenvalue weighted by Gasteiger charge is 2.14. The summed E-state index contributed by atoms with van der Waals surface area (Å²) in [5.41, 5.74) is 3.17. The van der Waals surface area contributed by atoms with Crippen LogP contribution in [0.2, 0.25) is 0 Å². The van der Waals surface area contributed by atoms with E-state index < -0.39 is 5.91 Å². The molecule has 0 bridgehead atoms. The Bertz CT molecular complexity index is 939. The summed E-state index contributed by atoms with van der Waals surface area (Å²) in [7, 11) is 2.13. The van der Waals surface area contributed by atoms with Crippen molar-refractivity contribution in [3.8, 4) is 11.8 Å². The van der Waals surface area contributed by atoms with Crippen LogP contribution in [0.5, 0.6) is 5.75 Å². The van der Waals surface area contributed by atoms with E-state index in [1.54, 1.807) is 19.1 Å². The van der Waals surface area contributed by atoms with Gasteiger partial charge >= 0.3 is 0 Å². The zero-order chi connectivity index (χ0) is 20.8. The molecule has 1 fully saturated rings. The summed E-state index contributed by atoms with van der Waals surface area (Å²) in [5, 5.41) is 24.5. The summed E-state index contributed by atoms with van der Waals surface area (Å²) in [6, 6.07) is 14.5. The van der Waals surface area contributed by atoms with Crippen molar-refractivity contribution in [3.63, 3.8) is 0 Å². The summed E-state index contributed by atoms with van der Waals surface area (Å²) in [6.45, 7) is 5.86. The van der Waals surface area contributed by atoms with Crippen molar-refractivity contribution in [2.24, 2.45) is 0 Å². The molecule has 0 saturated carbocycles. The van der Waals surface area contributed by atoms with Gasteiger partial charge in [-0.2, -0.15) is 5.26 Å². The van der Waals surface area contributed by atoms with E-state index in [0.717, 1.165) is 37.6 Å². The molecule has 3 N–H and O–H groups in total. The van der Waals surface area contributed by atoms with Gasteiger partial charge in [0.25, 0.3) is 5.91 Å². The number of nitriles is 1. The lowest BCUT2D eigenvalue weighted by molar-refractivity contribution is -0.112. The van der Waals surface area contributed by atoms with Crippen LogP contribution in [0.3, 0.4) is 0 Å². The van der Waals surface area contributed by atoms with Crippen LogP contribution in [-0.4, -0.2) is 49.1 Å². The number of carbonyl (C=O) groups excluding carboxylic acids is 1. The molecule has 150 valence electrons. The number of aromatic hydroxyl groups is 1. The fourth-order valence-electron chi connectivity index (χ4n) is 3.11. The molecule has 7 heteroatoms. The number of hydrogen-bond donors (Lipinski definition) is 3. The summed E-state index contributed by atoms with van der Waals surface area (Å²) in [5.74, 6) is -0.388. The highest BCUT2D eigenvalue weighted by atomic mass is 16.3. The highest BCUT2D eigenvalue weighted by molar-refractivity contribution is 6.07. The first-order valence-electron chi connectivity index (χ1n) is 9.47. The van der Waals surface area contributed by atoms with Gasteiger partial charge in [0.2, 0.25) is 0 Å². The van der Waals surface area contributed by atoms with Crippen LogP contribution in [0.25, 0.3) is 0 Å². The molecule has 2 aromatic carbocycles. The number of hydrogen-bond acceptors (Lipinski definition) is 6. The van der Waals surface area contributed by atoms with Gasteiger partial charge in [0, 0.05) is 49.4 Å². The molecule has 0 spiro atoms. The number of piperazine rings is 1. The second-order valence-corrected chi connectivity index (χ2v) is 7.10. The average Bonchev–Trinajstić information content (AvgIpc) is 2.72. The minimum absolute atomic E-state index is 0.0411. The minimum atomic E-state index is -0.511. The van der Waals surface area contributed by atoms with Crippen molar-refractivity contribution in [1.82, 2.24) is 4.90 Å². The molecular weight excluding hydrogens is 366 g/mol. The first kappa shape index (κ1) is 20.2. The molecule has 0 atom stereocenters. The molecule has 0 unspecified atom stereocenters. The Labute approximate surface area is 170 Å². The van der Waals surface area contributed by atoms with Crippen LogP contribution in [0.4, 0.5) is 17.1 Å². The van der Waals surface area contributed by atoms with E-state index >= 15 is 0 Å². The largest absolute Gasteiger partial charge is 0.508 e. The lowest BCUT2D eigenvalue weighted by Gasteiger charge is -2.34. The number of anilines is 3. The maximum absolute atomic E-state index is 12.4. The number of carbonyl (C=O) groups is 1. The molecule has 29 heavy (non-hydrogen) atoms. The number of phenols is 1. The Morgan fingerprint density at radius 1 is 1.14 bits per heavy atom. The molecule has 1 aliphatic rings. The van der Waals surface area contributed by atoms with Gasteiger partial charge in [0.05, 0.1) is 0 Å². The van der Waals surface area contributed by atoms with E-state index in [1.807, 2.05) is 30.3 Å². The van der Waals surface area contributed by atoms with E-state index in [1.165, 1.54) is 12.3 Å². The van der Waals surface area contributed by atoms with Crippen molar-refractivity contribution >= 4 is 23.0 Å². The zero-order valence-corrected chi connectivity index (χ0v) is 16.6. The summed E-state index contributed by atoms with van der Waals surface area (Å²) < 4.78 is 0. The van der Waals surface area contributed by atoms with Crippen LogP contribution in [0, 0.1) is 18.3 Å². The fraction of sp³-hybridized carbons (Fsp3) is 0.273. The molecule has 1 aliphatic heterocycles. The minimum Gasteiger partial charge on any atom is -0.508 e. The van der Waals surface area contributed by atoms with E-state index in [9.17, 15) is 15.2 Å². The van der Waals surface area contributed by atoms with E-state index in [2.05, 4.69) is 27.5 Å². The summed E-state index contributed by atoms with van der Waals surface area (Å²) in [6.07, 6.45) is 1.40. The fourth-order valence-corrected chi connectivity index (χ4v) is 3.11. The molecule has 0 aromatic heterocycles. The molecule has 3 rings (SSSR count). The predicted molar refractivity (Wildman–Crippen MR) is 115 cm³/mol. The molecule has 2 aromatic rings. The van der Waals surface area contributed by atoms with Gasteiger partial charge in [0.15, 0.2) is 0 Å². The van der Waals surface area contributed by atoms with Crippen LogP contribution in [-0.2, 0) is 4.79 Å². The number of phenolic OH excluding ortho intramolecular Hbond substituents is 1. The zero-order valence-electron chi connectivity index (χ0n) is 16.6. The lowest BCUT2D eigenvalue weighted by atomic mass is 10.2. The highest BCUT2D eigenvalue weighted by Crippen LogP contribution is 2.21. The van der Waals surface area contributed by atoms with Gasteiger partial charge in [-0.25, -0.2) is 0 Å². The Balaban J connectivity index is 1.62. The Morgan fingerprint density at radius 3 is 2.45 bits per heavy atom. The standard InChI is InChI=1S/C22H25N5O2/c1-16-13-20(28)7-8-21(16)25-22(29)17(14-23)15-24-18-3-5-19(6-4-18)27-11-9-26(2)10-12-27/h3-8,13,15,24,28H,9-12H2,1-2H3,(H,25,29)/b17-15-. The number of nitrogens with one attached hydrogen (secondary N) is 2. The summed E-state index contributed by atoms with van der Waals surface area (Å²) >= 11 is 0. The SMILES string of the molecule is Cc1cc(O)ccc1NC(=O)/C(C#N)=C\Nc1ccc(N2CCN(C)CC2)cc1. The maximum Gasteiger partial charge on any atom is 0.267 e. The van der Waals surface area contributed by atoms with Gasteiger partial charge in [-0.1, -0.05) is 0 Å². The second-order valence-electron chi connectivity index (χ2n) is 7.10. The van der Waals surface area contributed by atoms with Crippen LogP contribution in [0.15, 0.2) is 54.2 Å². The van der Waals surface area contributed by atoms with E-state index in [4.69, 9.17) is 0 Å². The van der Waals surface area contributed by atoms with Gasteiger partial charge in [-0.15, -0.1) is 0 Å². The number of amides is 1. The first-order chi connectivity index (χ1) is 14.0. The van der Waals surface area contributed by atoms with Gasteiger partial charge < -0.3 is 25.5 Å². The molecule has 0 aliphatic carbocycles. The van der Waals surface area contributed by atoms with Crippen LogP contribution in [0.1, 0.15) is 5.56 Å². The monoisotopic (exact) mass is 391 g/mol. The van der Waals surface area contributed by atoms with Crippen LogP contribution < -0.4 is 15.5 Å². The number of rotatable bonds is 5. The predicted octanol–water partition coefficient (Wildman–Crippen LogP) is 2.91. The van der Waals surface area contributed by atoms with Crippen molar-refractivity contribution in [3.05, 3.63) is 59.8 Å². The number of aryl methyl sites for hydroxylation is 1. The molecule has 0 radical (unpaired) electrons. The molecular formula is C22H25N5O2. The van der Waals surface area contributed by atoms with Crippen molar-refractivity contribution in [2.75, 3.05) is 48.8 Å². The van der Waals surface area contributed by atoms with Crippen LogP contribution >= 0.6 is 0 Å². The average molecular weight is 391 g/mol. The van der Waals surface area contributed by atoms with Gasteiger partial charge in [-0.05, 0) is 62.0 Å². The van der Waals surface area contributed by atoms with Gasteiger partial charge in [-0.3, -0.25) is 4.79 Å². The third-order valence-corrected chi connectivity index (χ3v) is 4.94. The summed E-state index contributed by atoms with van der Waals surface area (Å²) in [4.78, 5) is 17.0. The van der Waals surface area contributed by atoms with Gasteiger partial charge in [0.1, 0.15) is 17.4 Å².